The zero-order valence-electron chi connectivity index (χ0n) is 11.6. The van der Waals surface area contributed by atoms with Crippen molar-refractivity contribution in [3.63, 3.8) is 0 Å². The topological polar surface area (TPSA) is 15.3 Å². The van der Waals surface area contributed by atoms with Gasteiger partial charge in [-0.05, 0) is 18.1 Å². The van der Waals surface area contributed by atoms with E-state index in [4.69, 9.17) is 11.6 Å². The Kier molecular flexibility index (Phi) is 5.20. The first-order valence-electron chi connectivity index (χ1n) is 7.01. The van der Waals surface area contributed by atoms with Gasteiger partial charge in [0.05, 0.1) is 0 Å². The summed E-state index contributed by atoms with van der Waals surface area (Å²) >= 11 is 6.13. The van der Waals surface area contributed by atoms with Crippen LogP contribution in [-0.2, 0) is 6.54 Å². The highest BCUT2D eigenvalue weighted by molar-refractivity contribution is 6.31. The molecule has 1 fully saturated rings. The Morgan fingerprint density at radius 1 is 1.53 bits per heavy atom. The fourth-order valence-corrected chi connectivity index (χ4v) is 2.91. The van der Waals surface area contributed by atoms with Crippen LogP contribution in [0.15, 0.2) is 18.2 Å². The Labute approximate surface area is 119 Å². The van der Waals surface area contributed by atoms with Crippen molar-refractivity contribution in [2.24, 2.45) is 5.92 Å². The van der Waals surface area contributed by atoms with Gasteiger partial charge >= 0.3 is 0 Å². The second-order valence-electron chi connectivity index (χ2n) is 5.33. The maximum Gasteiger partial charge on any atom is 0.129 e. The number of halogens is 2. The lowest BCUT2D eigenvalue weighted by Crippen LogP contribution is -2.53. The van der Waals surface area contributed by atoms with E-state index < -0.39 is 0 Å². The molecule has 0 radical (unpaired) electrons. The van der Waals surface area contributed by atoms with Crippen molar-refractivity contribution in [2.45, 2.75) is 32.9 Å². The van der Waals surface area contributed by atoms with Gasteiger partial charge in [-0.15, -0.1) is 0 Å². The Morgan fingerprint density at radius 3 is 3.00 bits per heavy atom. The minimum Gasteiger partial charge on any atom is -0.314 e. The number of benzene rings is 1. The van der Waals surface area contributed by atoms with E-state index in [1.165, 1.54) is 6.07 Å². The van der Waals surface area contributed by atoms with Crippen molar-refractivity contribution in [1.29, 1.82) is 0 Å². The Balaban J connectivity index is 2.15. The number of nitrogens with zero attached hydrogens (tertiary/aromatic N) is 1. The predicted molar refractivity (Wildman–Crippen MR) is 77.9 cm³/mol. The highest BCUT2D eigenvalue weighted by atomic mass is 35.5. The molecular weight excluding hydrogens is 263 g/mol. The van der Waals surface area contributed by atoms with Crippen molar-refractivity contribution in [3.8, 4) is 0 Å². The van der Waals surface area contributed by atoms with Crippen LogP contribution in [0.4, 0.5) is 4.39 Å². The van der Waals surface area contributed by atoms with Gasteiger partial charge in [0.2, 0.25) is 0 Å². The summed E-state index contributed by atoms with van der Waals surface area (Å²) in [6.07, 6.45) is 1.13. The van der Waals surface area contributed by atoms with Gasteiger partial charge in [-0.25, -0.2) is 4.39 Å². The van der Waals surface area contributed by atoms with Gasteiger partial charge < -0.3 is 5.32 Å². The summed E-state index contributed by atoms with van der Waals surface area (Å²) in [5.41, 5.74) is 0.624. The largest absolute Gasteiger partial charge is 0.314 e. The number of rotatable bonds is 4. The third-order valence-electron chi connectivity index (χ3n) is 4.12. The second-order valence-corrected chi connectivity index (χ2v) is 5.73. The zero-order chi connectivity index (χ0) is 13.8. The first-order chi connectivity index (χ1) is 9.13. The highest BCUT2D eigenvalue weighted by Crippen LogP contribution is 2.24. The summed E-state index contributed by atoms with van der Waals surface area (Å²) in [6, 6.07) is 5.36. The van der Waals surface area contributed by atoms with Crippen LogP contribution >= 0.6 is 11.6 Å². The van der Waals surface area contributed by atoms with Crippen LogP contribution in [0.1, 0.15) is 25.8 Å². The molecule has 1 aromatic rings. The molecule has 2 unspecified atom stereocenters. The number of hydrogen-bond donors (Lipinski definition) is 1. The van der Waals surface area contributed by atoms with Crippen LogP contribution in [0.5, 0.6) is 0 Å². The third kappa shape index (κ3) is 3.47. The number of nitrogens with one attached hydrogen (secondary N) is 1. The van der Waals surface area contributed by atoms with Crippen molar-refractivity contribution in [3.05, 3.63) is 34.6 Å². The molecule has 0 amide bonds. The van der Waals surface area contributed by atoms with Crippen LogP contribution in [-0.4, -0.2) is 30.6 Å². The highest BCUT2D eigenvalue weighted by Gasteiger charge is 2.27. The maximum atomic E-state index is 13.9. The monoisotopic (exact) mass is 284 g/mol. The number of hydrogen-bond acceptors (Lipinski definition) is 2. The molecule has 1 aliphatic rings. The standard InChI is InChI=1S/C15H22ClFN2/c1-3-11(2)15-9-18-7-8-19(15)10-12-13(16)5-4-6-14(12)17/h4-6,11,15,18H,3,7-10H2,1-2H3. The summed E-state index contributed by atoms with van der Waals surface area (Å²) in [4.78, 5) is 2.36. The van der Waals surface area contributed by atoms with E-state index in [2.05, 4.69) is 24.1 Å². The molecule has 2 rings (SSSR count). The van der Waals surface area contributed by atoms with Gasteiger partial charge in [-0.1, -0.05) is 37.9 Å². The van der Waals surface area contributed by atoms with Gasteiger partial charge in [0.15, 0.2) is 0 Å². The molecular formula is C15H22ClFN2. The summed E-state index contributed by atoms with van der Waals surface area (Å²) in [5.74, 6) is 0.396. The summed E-state index contributed by atoms with van der Waals surface area (Å²) in [5, 5.41) is 3.96. The van der Waals surface area contributed by atoms with Crippen molar-refractivity contribution in [2.75, 3.05) is 19.6 Å². The Bertz CT molecular complexity index is 404. The van der Waals surface area contributed by atoms with Crippen LogP contribution in [0, 0.1) is 11.7 Å². The normalized spacial score (nSPS) is 22.4. The quantitative estimate of drug-likeness (QED) is 0.913. The molecule has 1 N–H and O–H groups in total. The molecule has 0 aromatic heterocycles. The third-order valence-corrected chi connectivity index (χ3v) is 4.48. The zero-order valence-corrected chi connectivity index (χ0v) is 12.4. The first-order valence-corrected chi connectivity index (χ1v) is 7.39. The molecule has 106 valence electrons. The fraction of sp³-hybridized carbons (Fsp3) is 0.600. The summed E-state index contributed by atoms with van der Waals surface area (Å²) < 4.78 is 13.9. The van der Waals surface area contributed by atoms with Gasteiger partial charge in [0, 0.05) is 42.8 Å². The smallest absolute Gasteiger partial charge is 0.129 e. The van der Waals surface area contributed by atoms with Crippen molar-refractivity contribution < 1.29 is 4.39 Å². The number of piperazine rings is 1. The maximum absolute atomic E-state index is 13.9. The molecule has 0 bridgehead atoms. The molecule has 2 atom stereocenters. The van der Waals surface area contributed by atoms with E-state index >= 15 is 0 Å². The van der Waals surface area contributed by atoms with Crippen LogP contribution in [0.2, 0.25) is 5.02 Å². The minimum absolute atomic E-state index is 0.200. The van der Waals surface area contributed by atoms with Crippen LogP contribution in [0.25, 0.3) is 0 Å². The molecule has 2 nitrogen and oxygen atoms in total. The Morgan fingerprint density at radius 2 is 2.32 bits per heavy atom. The Hall–Kier alpha value is -0.640. The average molecular weight is 285 g/mol. The molecule has 0 spiro atoms. The lowest BCUT2D eigenvalue weighted by atomic mass is 9.95. The van der Waals surface area contributed by atoms with E-state index in [9.17, 15) is 4.39 Å². The lowest BCUT2D eigenvalue weighted by Gasteiger charge is -2.39. The molecule has 1 aliphatic heterocycles. The van der Waals surface area contributed by atoms with Gasteiger partial charge in [-0.3, -0.25) is 4.90 Å². The van der Waals surface area contributed by atoms with E-state index in [-0.39, 0.29) is 5.82 Å². The van der Waals surface area contributed by atoms with Crippen molar-refractivity contribution >= 4 is 11.6 Å². The molecule has 1 aromatic carbocycles. The first kappa shape index (κ1) is 14.8. The second kappa shape index (κ2) is 6.69. The fourth-order valence-electron chi connectivity index (χ4n) is 2.68. The molecule has 0 saturated carbocycles. The molecule has 1 heterocycles. The van der Waals surface area contributed by atoms with Crippen LogP contribution in [0.3, 0.4) is 0 Å². The van der Waals surface area contributed by atoms with Crippen molar-refractivity contribution in [1.82, 2.24) is 10.2 Å². The van der Waals surface area contributed by atoms with E-state index in [0.29, 0.717) is 29.1 Å². The van der Waals surface area contributed by atoms with Gasteiger partial charge in [0.25, 0.3) is 0 Å². The van der Waals surface area contributed by atoms with Gasteiger partial charge in [0.1, 0.15) is 5.82 Å². The van der Waals surface area contributed by atoms with E-state index in [0.717, 1.165) is 26.1 Å². The lowest BCUT2D eigenvalue weighted by molar-refractivity contribution is 0.108. The van der Waals surface area contributed by atoms with Crippen LogP contribution < -0.4 is 5.32 Å². The molecule has 4 heteroatoms. The molecule has 0 aliphatic carbocycles. The van der Waals surface area contributed by atoms with E-state index in [1.807, 2.05) is 0 Å². The minimum atomic E-state index is -0.200. The SMILES string of the molecule is CCC(C)C1CNCCN1Cc1c(F)cccc1Cl. The molecule has 1 saturated heterocycles. The summed E-state index contributed by atoms with van der Waals surface area (Å²) in [7, 11) is 0. The average Bonchev–Trinajstić information content (AvgIpc) is 2.42. The summed E-state index contributed by atoms with van der Waals surface area (Å²) in [6.45, 7) is 7.93. The van der Waals surface area contributed by atoms with E-state index in [1.54, 1.807) is 12.1 Å². The van der Waals surface area contributed by atoms with Gasteiger partial charge in [-0.2, -0.15) is 0 Å². The predicted octanol–water partition coefficient (Wildman–Crippen LogP) is 3.30. The molecule has 19 heavy (non-hydrogen) atoms.